The molecule has 26 heavy (non-hydrogen) atoms. The zero-order chi connectivity index (χ0) is 17.5. The Bertz CT molecular complexity index is 1090. The molecule has 0 unspecified atom stereocenters. The van der Waals surface area contributed by atoms with Gasteiger partial charge in [0, 0.05) is 41.6 Å². The Balaban J connectivity index is 1.35. The molecule has 0 radical (unpaired) electrons. The summed E-state index contributed by atoms with van der Waals surface area (Å²) < 4.78 is 2.52. The predicted molar refractivity (Wildman–Crippen MR) is 112 cm³/mol. The average Bonchev–Trinajstić information content (AvgIpc) is 3.34. The second-order valence-electron chi connectivity index (χ2n) is 6.54. The zero-order valence-electron chi connectivity index (χ0n) is 14.2. The quantitative estimate of drug-likeness (QED) is 0.486. The van der Waals surface area contributed by atoms with E-state index in [1.165, 1.54) is 20.5 Å². The minimum absolute atomic E-state index is 0.163. The van der Waals surface area contributed by atoms with Crippen molar-refractivity contribution in [1.82, 2.24) is 4.90 Å². The monoisotopic (exact) mass is 378 g/mol. The van der Waals surface area contributed by atoms with Gasteiger partial charge in [0.1, 0.15) is 0 Å². The van der Waals surface area contributed by atoms with Gasteiger partial charge in [0.15, 0.2) is 0 Å². The summed E-state index contributed by atoms with van der Waals surface area (Å²) >= 11 is 3.44. The SMILES string of the molecule is O=C(c1csc2ccccc12)N1CCN(c2cccc3ccsc23)CC1. The fourth-order valence-electron chi connectivity index (χ4n) is 3.69. The van der Waals surface area contributed by atoms with Gasteiger partial charge in [-0.25, -0.2) is 0 Å². The number of amides is 1. The first-order chi connectivity index (χ1) is 12.8. The van der Waals surface area contributed by atoms with Crippen LogP contribution < -0.4 is 4.90 Å². The smallest absolute Gasteiger partial charge is 0.255 e. The molecule has 0 saturated carbocycles. The number of anilines is 1. The first-order valence-corrected chi connectivity index (χ1v) is 10.5. The number of hydrogen-bond acceptors (Lipinski definition) is 4. The maximum absolute atomic E-state index is 13.0. The fourth-order valence-corrected chi connectivity index (χ4v) is 5.57. The molecule has 3 nitrogen and oxygen atoms in total. The normalized spacial score (nSPS) is 15.1. The molecule has 2 aromatic heterocycles. The second-order valence-corrected chi connectivity index (χ2v) is 8.37. The van der Waals surface area contributed by atoms with E-state index in [9.17, 15) is 4.79 Å². The molecule has 4 aromatic rings. The van der Waals surface area contributed by atoms with Crippen LogP contribution >= 0.6 is 22.7 Å². The number of carbonyl (C=O) groups excluding carboxylic acids is 1. The van der Waals surface area contributed by atoms with Gasteiger partial charge in [-0.15, -0.1) is 22.7 Å². The minimum atomic E-state index is 0.163. The molecule has 3 heterocycles. The number of benzene rings is 2. The Kier molecular flexibility index (Phi) is 3.91. The molecule has 0 bridgehead atoms. The summed E-state index contributed by atoms with van der Waals surface area (Å²) in [7, 11) is 0. The van der Waals surface area contributed by atoms with E-state index in [4.69, 9.17) is 0 Å². The van der Waals surface area contributed by atoms with Gasteiger partial charge in [-0.1, -0.05) is 30.3 Å². The zero-order valence-corrected chi connectivity index (χ0v) is 15.9. The van der Waals surface area contributed by atoms with E-state index in [1.54, 1.807) is 22.7 Å². The Morgan fingerprint density at radius 1 is 0.885 bits per heavy atom. The topological polar surface area (TPSA) is 23.6 Å². The molecule has 0 spiro atoms. The van der Waals surface area contributed by atoms with Gasteiger partial charge in [-0.3, -0.25) is 4.79 Å². The van der Waals surface area contributed by atoms with Gasteiger partial charge in [-0.2, -0.15) is 0 Å². The van der Waals surface area contributed by atoms with Crippen molar-refractivity contribution in [3.05, 3.63) is 64.9 Å². The van der Waals surface area contributed by atoms with Crippen molar-refractivity contribution >= 4 is 54.4 Å². The molecule has 1 amide bonds. The van der Waals surface area contributed by atoms with Gasteiger partial charge < -0.3 is 9.80 Å². The van der Waals surface area contributed by atoms with Gasteiger partial charge in [0.05, 0.1) is 16.0 Å². The highest BCUT2D eigenvalue weighted by Gasteiger charge is 2.24. The number of piperazine rings is 1. The molecule has 0 atom stereocenters. The van der Waals surface area contributed by atoms with Crippen LogP contribution in [0.25, 0.3) is 20.2 Å². The third-order valence-corrected chi connectivity index (χ3v) is 6.99. The first-order valence-electron chi connectivity index (χ1n) is 8.78. The van der Waals surface area contributed by atoms with Crippen LogP contribution in [-0.2, 0) is 0 Å². The van der Waals surface area contributed by atoms with Crippen LogP contribution in [0.5, 0.6) is 0 Å². The van der Waals surface area contributed by atoms with Crippen LogP contribution in [0.2, 0.25) is 0 Å². The molecule has 0 aliphatic carbocycles. The number of carbonyl (C=O) groups is 1. The van der Waals surface area contributed by atoms with Crippen LogP contribution in [0.15, 0.2) is 59.3 Å². The average molecular weight is 379 g/mol. The highest BCUT2D eigenvalue weighted by atomic mass is 32.1. The van der Waals surface area contributed by atoms with E-state index in [2.05, 4.69) is 40.6 Å². The maximum atomic E-state index is 13.0. The van der Waals surface area contributed by atoms with E-state index in [0.717, 1.165) is 37.1 Å². The van der Waals surface area contributed by atoms with E-state index >= 15 is 0 Å². The second kappa shape index (κ2) is 6.41. The highest BCUT2D eigenvalue weighted by molar-refractivity contribution is 7.18. The molecule has 0 N–H and O–H groups in total. The molecular formula is C21H18N2OS2. The van der Waals surface area contributed by atoms with Crippen molar-refractivity contribution in [2.75, 3.05) is 31.1 Å². The lowest BCUT2D eigenvalue weighted by molar-refractivity contribution is 0.0749. The molecule has 130 valence electrons. The van der Waals surface area contributed by atoms with Crippen molar-refractivity contribution in [2.24, 2.45) is 0 Å². The third kappa shape index (κ3) is 2.59. The lowest BCUT2D eigenvalue weighted by Crippen LogP contribution is -2.48. The molecule has 5 rings (SSSR count). The Labute approximate surface area is 160 Å². The van der Waals surface area contributed by atoms with Gasteiger partial charge in [-0.05, 0) is 29.0 Å². The van der Waals surface area contributed by atoms with E-state index in [-0.39, 0.29) is 5.91 Å². The number of rotatable bonds is 2. The van der Waals surface area contributed by atoms with Crippen LogP contribution in [-0.4, -0.2) is 37.0 Å². The molecule has 1 fully saturated rings. The summed E-state index contributed by atoms with van der Waals surface area (Å²) in [6, 6.07) is 16.8. The standard InChI is InChI=1S/C21H18N2OS2/c24-21(17-14-26-19-7-2-1-5-16(17)19)23-11-9-22(10-12-23)18-6-3-4-15-8-13-25-20(15)18/h1-8,13-14H,9-12H2. The lowest BCUT2D eigenvalue weighted by atomic mass is 10.1. The summed E-state index contributed by atoms with van der Waals surface area (Å²) in [6.07, 6.45) is 0. The highest BCUT2D eigenvalue weighted by Crippen LogP contribution is 2.32. The summed E-state index contributed by atoms with van der Waals surface area (Å²) in [6.45, 7) is 3.30. The molecule has 5 heteroatoms. The summed E-state index contributed by atoms with van der Waals surface area (Å²) in [5.74, 6) is 0.163. The largest absolute Gasteiger partial charge is 0.367 e. The van der Waals surface area contributed by atoms with E-state index in [1.807, 2.05) is 28.5 Å². The van der Waals surface area contributed by atoms with Gasteiger partial charge >= 0.3 is 0 Å². The first kappa shape index (κ1) is 15.9. The number of thiophene rings is 2. The van der Waals surface area contributed by atoms with Gasteiger partial charge in [0.2, 0.25) is 0 Å². The van der Waals surface area contributed by atoms with Crippen molar-refractivity contribution in [1.29, 1.82) is 0 Å². The molecular weight excluding hydrogens is 360 g/mol. The van der Waals surface area contributed by atoms with Crippen LogP contribution in [0.3, 0.4) is 0 Å². The van der Waals surface area contributed by atoms with Crippen molar-refractivity contribution in [3.8, 4) is 0 Å². The predicted octanol–water partition coefficient (Wildman–Crippen LogP) is 5.08. The van der Waals surface area contributed by atoms with Crippen LogP contribution in [0, 0.1) is 0 Å². The van der Waals surface area contributed by atoms with Gasteiger partial charge in [0.25, 0.3) is 5.91 Å². The number of nitrogens with zero attached hydrogens (tertiary/aromatic N) is 2. The minimum Gasteiger partial charge on any atom is -0.367 e. The number of hydrogen-bond donors (Lipinski definition) is 0. The molecule has 2 aromatic carbocycles. The maximum Gasteiger partial charge on any atom is 0.255 e. The Morgan fingerprint density at radius 2 is 1.73 bits per heavy atom. The lowest BCUT2D eigenvalue weighted by Gasteiger charge is -2.36. The summed E-state index contributed by atoms with van der Waals surface area (Å²) in [4.78, 5) is 17.4. The molecule has 1 saturated heterocycles. The van der Waals surface area contributed by atoms with Crippen LogP contribution in [0.1, 0.15) is 10.4 Å². The Morgan fingerprint density at radius 3 is 2.62 bits per heavy atom. The fraction of sp³-hybridized carbons (Fsp3) is 0.190. The van der Waals surface area contributed by atoms with Crippen LogP contribution in [0.4, 0.5) is 5.69 Å². The third-order valence-electron chi connectivity index (χ3n) is 5.08. The molecule has 1 aliphatic rings. The van der Waals surface area contributed by atoms with Crippen molar-refractivity contribution in [2.45, 2.75) is 0 Å². The summed E-state index contributed by atoms with van der Waals surface area (Å²) in [5, 5.41) is 6.53. The van der Waals surface area contributed by atoms with E-state index in [0.29, 0.717) is 0 Å². The number of fused-ring (bicyclic) bond motifs is 2. The van der Waals surface area contributed by atoms with Crippen molar-refractivity contribution in [3.63, 3.8) is 0 Å². The Hall–Kier alpha value is -2.37. The van der Waals surface area contributed by atoms with Crippen molar-refractivity contribution < 1.29 is 4.79 Å². The molecule has 1 aliphatic heterocycles. The van der Waals surface area contributed by atoms with E-state index < -0.39 is 0 Å². The summed E-state index contributed by atoms with van der Waals surface area (Å²) in [5.41, 5.74) is 2.14.